The van der Waals surface area contributed by atoms with Crippen LogP contribution in [-0.2, 0) is 11.8 Å². The average Bonchev–Trinajstić information content (AvgIpc) is 2.87. The Morgan fingerprint density at radius 2 is 2.09 bits per heavy atom. The van der Waals surface area contributed by atoms with Gasteiger partial charge in [-0.2, -0.15) is 5.26 Å². The van der Waals surface area contributed by atoms with E-state index in [-0.39, 0.29) is 0 Å². The predicted octanol–water partition coefficient (Wildman–Crippen LogP) is 3.29. The van der Waals surface area contributed by atoms with Gasteiger partial charge in [-0.15, -0.1) is 0 Å². The Balaban J connectivity index is 2.29. The number of methoxy groups -OCH3 is 1. The van der Waals surface area contributed by atoms with Crippen molar-refractivity contribution in [3.05, 3.63) is 48.0 Å². The van der Waals surface area contributed by atoms with Gasteiger partial charge in [0.1, 0.15) is 11.8 Å². The molecular weight excluding hydrogens is 290 g/mol. The number of amides is 1. The summed E-state index contributed by atoms with van der Waals surface area (Å²) in [4.78, 5) is 10.6. The lowest BCUT2D eigenvalue weighted by Crippen LogP contribution is -1.96. The number of aromatic nitrogens is 1. The van der Waals surface area contributed by atoms with Crippen molar-refractivity contribution in [3.8, 4) is 23.1 Å². The number of nitriles is 1. The number of anilines is 1. The second kappa shape index (κ2) is 5.85. The maximum absolute atomic E-state index is 10.6. The van der Waals surface area contributed by atoms with Gasteiger partial charge in [-0.3, -0.25) is 4.79 Å². The van der Waals surface area contributed by atoms with Crippen LogP contribution in [0.3, 0.4) is 0 Å². The van der Waals surface area contributed by atoms with Crippen LogP contribution >= 0.6 is 0 Å². The van der Waals surface area contributed by atoms with Gasteiger partial charge in [-0.05, 0) is 30.3 Å². The molecule has 5 nitrogen and oxygen atoms in total. The summed E-state index contributed by atoms with van der Waals surface area (Å²) >= 11 is 0. The third-order valence-electron chi connectivity index (χ3n) is 3.88. The molecule has 0 aliphatic heterocycles. The Labute approximate surface area is 133 Å². The monoisotopic (exact) mass is 305 g/mol. The molecule has 0 saturated heterocycles. The first-order chi connectivity index (χ1) is 11.2. The number of nitrogens with zero attached hydrogens (tertiary/aromatic N) is 2. The highest BCUT2D eigenvalue weighted by atomic mass is 16.5. The van der Waals surface area contributed by atoms with E-state index in [1.807, 2.05) is 48.0 Å². The molecule has 2 aromatic carbocycles. The van der Waals surface area contributed by atoms with Crippen molar-refractivity contribution in [2.45, 2.75) is 0 Å². The topological polar surface area (TPSA) is 67.0 Å². The Morgan fingerprint density at radius 3 is 2.78 bits per heavy atom. The Bertz CT molecular complexity index is 935. The van der Waals surface area contributed by atoms with E-state index in [0.717, 1.165) is 22.2 Å². The standard InChI is InChI=1S/C18H15N3O2/c1-21-17-7-6-14(23-2)9-15(17)16(10-19)18(21)12-4-3-5-13(8-12)20-11-22/h3-9,11H,1-2H3,(H,20,22). The fraction of sp³-hybridized carbons (Fsp3) is 0.111. The minimum absolute atomic E-state index is 0.588. The lowest BCUT2D eigenvalue weighted by Gasteiger charge is -2.07. The van der Waals surface area contributed by atoms with E-state index in [4.69, 9.17) is 4.74 Å². The van der Waals surface area contributed by atoms with Crippen molar-refractivity contribution >= 4 is 23.0 Å². The fourth-order valence-electron chi connectivity index (χ4n) is 2.83. The summed E-state index contributed by atoms with van der Waals surface area (Å²) in [6.45, 7) is 0. The van der Waals surface area contributed by atoms with E-state index in [9.17, 15) is 10.1 Å². The summed E-state index contributed by atoms with van der Waals surface area (Å²) < 4.78 is 7.24. The molecule has 0 saturated carbocycles. The molecule has 1 aromatic heterocycles. The van der Waals surface area contributed by atoms with Gasteiger partial charge >= 0.3 is 0 Å². The van der Waals surface area contributed by atoms with E-state index in [1.165, 1.54) is 0 Å². The zero-order valence-corrected chi connectivity index (χ0v) is 12.8. The molecule has 0 unspecified atom stereocenters. The van der Waals surface area contributed by atoms with E-state index in [1.54, 1.807) is 13.2 Å². The van der Waals surface area contributed by atoms with Crippen LogP contribution in [0.2, 0.25) is 0 Å². The van der Waals surface area contributed by atoms with Gasteiger partial charge in [-0.1, -0.05) is 12.1 Å². The van der Waals surface area contributed by atoms with Crippen LogP contribution in [0.15, 0.2) is 42.5 Å². The number of ether oxygens (including phenoxy) is 1. The molecule has 3 rings (SSSR count). The third-order valence-corrected chi connectivity index (χ3v) is 3.88. The highest BCUT2D eigenvalue weighted by Crippen LogP contribution is 2.35. The zero-order valence-electron chi connectivity index (χ0n) is 12.8. The van der Waals surface area contributed by atoms with Crippen LogP contribution < -0.4 is 10.1 Å². The molecule has 1 heterocycles. The van der Waals surface area contributed by atoms with Crippen molar-refractivity contribution in [1.29, 1.82) is 5.26 Å². The summed E-state index contributed by atoms with van der Waals surface area (Å²) in [5.74, 6) is 0.711. The smallest absolute Gasteiger partial charge is 0.211 e. The first-order valence-corrected chi connectivity index (χ1v) is 7.06. The molecular formula is C18H15N3O2. The van der Waals surface area contributed by atoms with Gasteiger partial charge in [0.15, 0.2) is 0 Å². The van der Waals surface area contributed by atoms with Crippen LogP contribution in [0, 0.1) is 11.3 Å². The molecule has 0 fully saturated rings. The van der Waals surface area contributed by atoms with Gasteiger partial charge in [0.2, 0.25) is 6.41 Å². The SMILES string of the molecule is COc1ccc2c(c1)c(C#N)c(-c1cccc(NC=O)c1)n2C. The van der Waals surface area contributed by atoms with Gasteiger partial charge in [0.25, 0.3) is 0 Å². The fourth-order valence-corrected chi connectivity index (χ4v) is 2.83. The minimum Gasteiger partial charge on any atom is -0.497 e. The molecule has 3 aromatic rings. The summed E-state index contributed by atoms with van der Waals surface area (Å²) in [6, 6.07) is 15.4. The number of hydrogen-bond donors (Lipinski definition) is 1. The van der Waals surface area contributed by atoms with Crippen LogP contribution in [0.25, 0.3) is 22.2 Å². The second-order valence-electron chi connectivity index (χ2n) is 5.12. The number of carbonyl (C=O) groups is 1. The second-order valence-corrected chi connectivity index (χ2v) is 5.12. The third kappa shape index (κ3) is 2.40. The molecule has 1 N–H and O–H groups in total. The number of fused-ring (bicyclic) bond motifs is 1. The molecule has 0 aliphatic carbocycles. The first-order valence-electron chi connectivity index (χ1n) is 7.06. The molecule has 0 aliphatic rings. The molecule has 0 bridgehead atoms. The summed E-state index contributed by atoms with van der Waals surface area (Å²) in [5, 5.41) is 13.1. The molecule has 5 heteroatoms. The number of hydrogen-bond acceptors (Lipinski definition) is 3. The van der Waals surface area contributed by atoms with Crippen LogP contribution in [0.4, 0.5) is 5.69 Å². The van der Waals surface area contributed by atoms with Crippen LogP contribution in [0.5, 0.6) is 5.75 Å². The van der Waals surface area contributed by atoms with E-state index in [2.05, 4.69) is 11.4 Å². The predicted molar refractivity (Wildman–Crippen MR) is 89.3 cm³/mol. The number of nitrogens with one attached hydrogen (secondary N) is 1. The van der Waals surface area contributed by atoms with Crippen LogP contribution in [0.1, 0.15) is 5.56 Å². The van der Waals surface area contributed by atoms with Crippen molar-refractivity contribution in [1.82, 2.24) is 4.57 Å². The number of benzene rings is 2. The lowest BCUT2D eigenvalue weighted by molar-refractivity contribution is -0.105. The Kier molecular flexibility index (Phi) is 3.73. The van der Waals surface area contributed by atoms with Crippen molar-refractivity contribution in [2.75, 3.05) is 12.4 Å². The highest BCUT2D eigenvalue weighted by Gasteiger charge is 2.17. The molecule has 1 amide bonds. The van der Waals surface area contributed by atoms with Gasteiger partial charge in [0.05, 0.1) is 18.4 Å². The summed E-state index contributed by atoms with van der Waals surface area (Å²) in [7, 11) is 3.52. The van der Waals surface area contributed by atoms with E-state index >= 15 is 0 Å². The summed E-state index contributed by atoms with van der Waals surface area (Å²) in [6.07, 6.45) is 0.636. The first kappa shape index (κ1) is 14.7. The number of aryl methyl sites for hydroxylation is 1. The quantitative estimate of drug-likeness (QED) is 0.752. The maximum atomic E-state index is 10.6. The normalized spacial score (nSPS) is 10.3. The zero-order chi connectivity index (χ0) is 16.4. The van der Waals surface area contributed by atoms with Crippen LogP contribution in [-0.4, -0.2) is 18.1 Å². The van der Waals surface area contributed by atoms with E-state index in [0.29, 0.717) is 23.4 Å². The molecule has 0 radical (unpaired) electrons. The minimum atomic E-state index is 0.588. The number of carbonyl (C=O) groups excluding carboxylic acids is 1. The largest absolute Gasteiger partial charge is 0.497 e. The number of rotatable bonds is 4. The van der Waals surface area contributed by atoms with Crippen molar-refractivity contribution in [3.63, 3.8) is 0 Å². The summed E-state index contributed by atoms with van der Waals surface area (Å²) in [5.41, 5.74) is 3.90. The molecule has 0 atom stereocenters. The van der Waals surface area contributed by atoms with E-state index < -0.39 is 0 Å². The average molecular weight is 305 g/mol. The molecule has 0 spiro atoms. The Morgan fingerprint density at radius 1 is 1.26 bits per heavy atom. The Hall–Kier alpha value is -3.26. The van der Waals surface area contributed by atoms with Gasteiger partial charge in [0, 0.05) is 29.2 Å². The van der Waals surface area contributed by atoms with Crippen molar-refractivity contribution < 1.29 is 9.53 Å². The van der Waals surface area contributed by atoms with Crippen molar-refractivity contribution in [2.24, 2.45) is 7.05 Å². The lowest BCUT2D eigenvalue weighted by atomic mass is 10.1. The molecule has 23 heavy (non-hydrogen) atoms. The van der Waals surface area contributed by atoms with Gasteiger partial charge < -0.3 is 14.6 Å². The van der Waals surface area contributed by atoms with Gasteiger partial charge in [-0.25, -0.2) is 0 Å². The molecule has 114 valence electrons. The highest BCUT2D eigenvalue weighted by molar-refractivity contribution is 5.95. The maximum Gasteiger partial charge on any atom is 0.211 e.